The van der Waals surface area contributed by atoms with Gasteiger partial charge in [-0.25, -0.2) is 4.79 Å². The highest BCUT2D eigenvalue weighted by molar-refractivity contribution is 5.87. The summed E-state index contributed by atoms with van der Waals surface area (Å²) in [6.45, 7) is 4.00. The van der Waals surface area contributed by atoms with E-state index >= 15 is 0 Å². The molecule has 1 aromatic rings. The van der Waals surface area contributed by atoms with Gasteiger partial charge in [-0.05, 0) is 0 Å². The Morgan fingerprint density at radius 1 is 1.57 bits per heavy atom. The van der Waals surface area contributed by atoms with Crippen LogP contribution in [0.2, 0.25) is 0 Å². The number of aromatic nitrogens is 1. The Labute approximate surface area is 83.1 Å². The van der Waals surface area contributed by atoms with E-state index in [1.165, 1.54) is 4.90 Å². The van der Waals surface area contributed by atoms with Gasteiger partial charge in [-0.3, -0.25) is 5.32 Å². The SMILES string of the molecule is CC(C)c1cc(NC(=O)N(C)C)no1. The molecule has 5 nitrogen and oxygen atoms in total. The van der Waals surface area contributed by atoms with Crippen LogP contribution in [0, 0.1) is 0 Å². The van der Waals surface area contributed by atoms with E-state index in [0.29, 0.717) is 5.82 Å². The minimum atomic E-state index is -0.214. The van der Waals surface area contributed by atoms with E-state index in [9.17, 15) is 4.79 Å². The third-order valence-electron chi connectivity index (χ3n) is 1.74. The van der Waals surface area contributed by atoms with Gasteiger partial charge in [-0.2, -0.15) is 0 Å². The summed E-state index contributed by atoms with van der Waals surface area (Å²) in [7, 11) is 3.33. The lowest BCUT2D eigenvalue weighted by molar-refractivity contribution is 0.230. The van der Waals surface area contributed by atoms with E-state index in [4.69, 9.17) is 4.52 Å². The van der Waals surface area contributed by atoms with Gasteiger partial charge in [0.1, 0.15) is 5.76 Å². The molecule has 1 N–H and O–H groups in total. The number of nitrogens with one attached hydrogen (secondary N) is 1. The molecule has 1 heterocycles. The van der Waals surface area contributed by atoms with Gasteiger partial charge in [0.05, 0.1) is 0 Å². The van der Waals surface area contributed by atoms with Crippen molar-refractivity contribution in [1.29, 1.82) is 0 Å². The first-order chi connectivity index (χ1) is 6.50. The smallest absolute Gasteiger partial charge is 0.322 e. The predicted molar refractivity (Wildman–Crippen MR) is 53.3 cm³/mol. The lowest BCUT2D eigenvalue weighted by Gasteiger charge is -2.08. The first-order valence-electron chi connectivity index (χ1n) is 4.45. The third-order valence-corrected chi connectivity index (χ3v) is 1.74. The Kier molecular flexibility index (Phi) is 3.11. The summed E-state index contributed by atoms with van der Waals surface area (Å²) in [5.74, 6) is 1.49. The number of carbonyl (C=O) groups excluding carboxylic acids is 1. The number of urea groups is 1. The minimum Gasteiger partial charge on any atom is -0.359 e. The van der Waals surface area contributed by atoms with Crippen molar-refractivity contribution in [3.8, 4) is 0 Å². The molecule has 1 rings (SSSR count). The highest BCUT2D eigenvalue weighted by atomic mass is 16.5. The van der Waals surface area contributed by atoms with E-state index in [0.717, 1.165) is 5.76 Å². The molecule has 1 aromatic heterocycles. The Balaban J connectivity index is 2.64. The number of anilines is 1. The first-order valence-corrected chi connectivity index (χ1v) is 4.45. The maximum absolute atomic E-state index is 11.2. The van der Waals surface area contributed by atoms with Crippen molar-refractivity contribution < 1.29 is 9.32 Å². The summed E-state index contributed by atoms with van der Waals surface area (Å²) in [5.41, 5.74) is 0. The molecule has 0 atom stereocenters. The third kappa shape index (κ3) is 2.48. The topological polar surface area (TPSA) is 58.4 Å². The van der Waals surface area contributed by atoms with Crippen molar-refractivity contribution in [3.05, 3.63) is 11.8 Å². The highest BCUT2D eigenvalue weighted by Gasteiger charge is 2.10. The molecule has 0 fully saturated rings. The molecule has 0 saturated carbocycles. The van der Waals surface area contributed by atoms with Gasteiger partial charge in [-0.15, -0.1) is 0 Å². The molecule has 0 spiro atoms. The van der Waals surface area contributed by atoms with Crippen molar-refractivity contribution >= 4 is 11.8 Å². The molecule has 0 aromatic carbocycles. The van der Waals surface area contributed by atoms with E-state index in [1.807, 2.05) is 13.8 Å². The minimum absolute atomic E-state index is 0.214. The van der Waals surface area contributed by atoms with Crippen LogP contribution in [0.3, 0.4) is 0 Å². The summed E-state index contributed by atoms with van der Waals surface area (Å²) in [6, 6.07) is 1.51. The molecule has 0 bridgehead atoms. The van der Waals surface area contributed by atoms with Gasteiger partial charge >= 0.3 is 6.03 Å². The average Bonchev–Trinajstić information content (AvgIpc) is 2.52. The summed E-state index contributed by atoms with van der Waals surface area (Å²) in [4.78, 5) is 12.7. The largest absolute Gasteiger partial charge is 0.359 e. The summed E-state index contributed by atoms with van der Waals surface area (Å²) >= 11 is 0. The number of rotatable bonds is 2. The lowest BCUT2D eigenvalue weighted by Crippen LogP contribution is -2.27. The predicted octanol–water partition coefficient (Wildman–Crippen LogP) is 1.89. The Hall–Kier alpha value is -1.52. The van der Waals surface area contributed by atoms with Crippen molar-refractivity contribution in [2.75, 3.05) is 19.4 Å². The van der Waals surface area contributed by atoms with Gasteiger partial charge in [0.2, 0.25) is 0 Å². The normalized spacial score (nSPS) is 10.4. The van der Waals surface area contributed by atoms with E-state index < -0.39 is 0 Å². The average molecular weight is 197 g/mol. The van der Waals surface area contributed by atoms with Gasteiger partial charge in [0.25, 0.3) is 0 Å². The Morgan fingerprint density at radius 3 is 2.64 bits per heavy atom. The first kappa shape index (κ1) is 10.6. The second kappa shape index (κ2) is 4.13. The van der Waals surface area contributed by atoms with E-state index in [-0.39, 0.29) is 11.9 Å². The van der Waals surface area contributed by atoms with Crippen LogP contribution in [0.5, 0.6) is 0 Å². The number of nitrogens with zero attached hydrogens (tertiary/aromatic N) is 2. The number of hydrogen-bond donors (Lipinski definition) is 1. The molecule has 0 radical (unpaired) electrons. The standard InChI is InChI=1S/C9H15N3O2/c1-6(2)7-5-8(11-14-7)10-9(13)12(3)4/h5-6H,1-4H3,(H,10,11,13). The second-order valence-corrected chi connectivity index (χ2v) is 3.59. The molecule has 78 valence electrons. The van der Waals surface area contributed by atoms with Crippen LogP contribution in [0.15, 0.2) is 10.6 Å². The van der Waals surface area contributed by atoms with Gasteiger partial charge < -0.3 is 9.42 Å². The van der Waals surface area contributed by atoms with Crippen LogP contribution in [-0.2, 0) is 0 Å². The van der Waals surface area contributed by atoms with Gasteiger partial charge in [-0.1, -0.05) is 19.0 Å². The van der Waals surface area contributed by atoms with Crippen LogP contribution in [0.4, 0.5) is 10.6 Å². The summed E-state index contributed by atoms with van der Waals surface area (Å²) in [5, 5.41) is 6.32. The van der Waals surface area contributed by atoms with Gasteiger partial charge in [0, 0.05) is 26.1 Å². The zero-order valence-electron chi connectivity index (χ0n) is 8.87. The second-order valence-electron chi connectivity index (χ2n) is 3.59. The van der Waals surface area contributed by atoms with Crippen molar-refractivity contribution in [2.45, 2.75) is 19.8 Å². The molecule has 0 saturated heterocycles. The van der Waals surface area contributed by atoms with Gasteiger partial charge in [0.15, 0.2) is 5.82 Å². The van der Waals surface area contributed by atoms with Crippen molar-refractivity contribution in [1.82, 2.24) is 10.1 Å². The zero-order chi connectivity index (χ0) is 10.7. The van der Waals surface area contributed by atoms with E-state index in [1.54, 1.807) is 20.2 Å². The van der Waals surface area contributed by atoms with Crippen LogP contribution in [-0.4, -0.2) is 30.2 Å². The van der Waals surface area contributed by atoms with Crippen LogP contribution in [0.25, 0.3) is 0 Å². The number of hydrogen-bond acceptors (Lipinski definition) is 3. The Morgan fingerprint density at radius 2 is 2.21 bits per heavy atom. The molecule has 14 heavy (non-hydrogen) atoms. The molecule has 0 aliphatic heterocycles. The fourth-order valence-corrected chi connectivity index (χ4v) is 0.842. The summed E-state index contributed by atoms with van der Waals surface area (Å²) in [6.07, 6.45) is 0. The monoisotopic (exact) mass is 197 g/mol. The fraction of sp³-hybridized carbons (Fsp3) is 0.556. The molecule has 2 amide bonds. The van der Waals surface area contributed by atoms with Crippen LogP contribution >= 0.6 is 0 Å². The maximum atomic E-state index is 11.2. The molecular formula is C9H15N3O2. The van der Waals surface area contributed by atoms with Crippen LogP contribution in [0.1, 0.15) is 25.5 Å². The fourth-order valence-electron chi connectivity index (χ4n) is 0.842. The molecular weight excluding hydrogens is 182 g/mol. The molecule has 0 aliphatic carbocycles. The van der Waals surface area contributed by atoms with Crippen molar-refractivity contribution in [3.63, 3.8) is 0 Å². The van der Waals surface area contributed by atoms with E-state index in [2.05, 4.69) is 10.5 Å². The van der Waals surface area contributed by atoms with Crippen molar-refractivity contribution in [2.24, 2.45) is 0 Å². The number of carbonyl (C=O) groups is 1. The maximum Gasteiger partial charge on any atom is 0.322 e. The molecule has 0 aliphatic rings. The van der Waals surface area contributed by atoms with Crippen LogP contribution < -0.4 is 5.32 Å². The highest BCUT2D eigenvalue weighted by Crippen LogP contribution is 2.17. The molecule has 0 unspecified atom stereocenters. The summed E-state index contributed by atoms with van der Waals surface area (Å²) < 4.78 is 5.02. The Bertz CT molecular complexity index is 318. The molecule has 5 heteroatoms. The zero-order valence-corrected chi connectivity index (χ0v) is 8.87. The quantitative estimate of drug-likeness (QED) is 0.787. The number of amides is 2. The lowest BCUT2D eigenvalue weighted by atomic mass is 10.2.